The van der Waals surface area contributed by atoms with Crippen LogP contribution in [0.5, 0.6) is 0 Å². The summed E-state index contributed by atoms with van der Waals surface area (Å²) in [5, 5.41) is 0. The molecule has 0 bridgehead atoms. The molecule has 0 heterocycles. The van der Waals surface area contributed by atoms with E-state index in [1.54, 1.807) is 18.2 Å². The third-order valence-corrected chi connectivity index (χ3v) is 2.41. The molecular weight excluding hydrogens is 205 g/mol. The van der Waals surface area contributed by atoms with E-state index in [0.29, 0.717) is 11.0 Å². The fourth-order valence-corrected chi connectivity index (χ4v) is 1.83. The average Bonchev–Trinajstić information content (AvgIpc) is 2.15. The van der Waals surface area contributed by atoms with E-state index >= 15 is 0 Å². The van der Waals surface area contributed by atoms with Crippen molar-refractivity contribution in [3.8, 4) is 0 Å². The van der Waals surface area contributed by atoms with Crippen LogP contribution in [-0.2, 0) is 0 Å². The highest BCUT2D eigenvalue weighted by Crippen LogP contribution is 2.14. The maximum Gasteiger partial charge on any atom is 0.174 e. The largest absolute Gasteiger partial charge is 0.330 e. The zero-order valence-corrected chi connectivity index (χ0v) is 10.3. The van der Waals surface area contributed by atoms with Crippen molar-refractivity contribution in [2.75, 3.05) is 27.7 Å². The Morgan fingerprint density at radius 2 is 1.88 bits per heavy atom. The third-order valence-electron chi connectivity index (χ3n) is 2.41. The molecule has 0 N–H and O–H groups in total. The Morgan fingerprint density at radius 1 is 1.31 bits per heavy atom. The summed E-state index contributed by atoms with van der Waals surface area (Å²) in [5.74, 6) is -0.719. The summed E-state index contributed by atoms with van der Waals surface area (Å²) in [6.07, 6.45) is 0. The van der Waals surface area contributed by atoms with Gasteiger partial charge < -0.3 is 4.48 Å². The topological polar surface area (TPSA) is 17.1 Å². The number of carbonyl (C=O) groups is 1. The molecule has 0 amide bonds. The first-order valence-corrected chi connectivity index (χ1v) is 5.40. The summed E-state index contributed by atoms with van der Waals surface area (Å²) in [4.78, 5) is 12.0. The average molecular weight is 224 g/mol. The first kappa shape index (κ1) is 12.8. The number of ketones is 1. The number of quaternary nitrogens is 1. The zero-order valence-electron chi connectivity index (χ0n) is 10.3. The van der Waals surface area contributed by atoms with Crippen molar-refractivity contribution in [3.05, 3.63) is 35.6 Å². The molecule has 0 aliphatic heterocycles. The summed E-state index contributed by atoms with van der Waals surface area (Å²) in [5.41, 5.74) is 0.198. The molecule has 1 rings (SSSR count). The molecule has 88 valence electrons. The molecule has 0 spiro atoms. The maximum atomic E-state index is 13.4. The monoisotopic (exact) mass is 224 g/mol. The SMILES string of the molecule is CC(C[N+](C)(C)C)C(=O)c1ccccc1F. The van der Waals surface area contributed by atoms with E-state index in [0.717, 1.165) is 0 Å². The van der Waals surface area contributed by atoms with Crippen LogP contribution in [0, 0.1) is 11.7 Å². The molecule has 0 radical (unpaired) electrons. The van der Waals surface area contributed by atoms with Gasteiger partial charge in [0.1, 0.15) is 5.82 Å². The van der Waals surface area contributed by atoms with E-state index in [1.807, 2.05) is 28.1 Å². The van der Waals surface area contributed by atoms with Gasteiger partial charge in [0, 0.05) is 0 Å². The van der Waals surface area contributed by atoms with Crippen molar-refractivity contribution >= 4 is 5.78 Å². The maximum absolute atomic E-state index is 13.4. The lowest BCUT2D eigenvalue weighted by Gasteiger charge is -2.26. The van der Waals surface area contributed by atoms with Crippen molar-refractivity contribution < 1.29 is 13.7 Å². The molecule has 0 saturated heterocycles. The standard InChI is InChI=1S/C13H19FNO/c1-10(9-15(2,3)4)13(16)11-7-5-6-8-12(11)14/h5-8,10H,9H2,1-4H3/q+1. The lowest BCUT2D eigenvalue weighted by Crippen LogP contribution is -2.40. The van der Waals surface area contributed by atoms with E-state index in [-0.39, 0.29) is 17.3 Å². The highest BCUT2D eigenvalue weighted by atomic mass is 19.1. The van der Waals surface area contributed by atoms with Crippen molar-refractivity contribution in [2.45, 2.75) is 6.92 Å². The third kappa shape index (κ3) is 3.42. The van der Waals surface area contributed by atoms with Gasteiger partial charge in [-0.2, -0.15) is 0 Å². The van der Waals surface area contributed by atoms with Crippen LogP contribution in [0.2, 0.25) is 0 Å². The van der Waals surface area contributed by atoms with Gasteiger partial charge in [-0.25, -0.2) is 4.39 Å². The van der Waals surface area contributed by atoms with Gasteiger partial charge in [-0.3, -0.25) is 4.79 Å². The van der Waals surface area contributed by atoms with E-state index in [1.165, 1.54) is 6.07 Å². The van der Waals surface area contributed by atoms with Crippen LogP contribution < -0.4 is 0 Å². The van der Waals surface area contributed by atoms with Gasteiger partial charge in [0.05, 0.1) is 39.2 Å². The highest BCUT2D eigenvalue weighted by molar-refractivity contribution is 5.97. The summed E-state index contributed by atoms with van der Waals surface area (Å²) >= 11 is 0. The summed E-state index contributed by atoms with van der Waals surface area (Å²) in [6.45, 7) is 2.55. The van der Waals surface area contributed by atoms with Crippen LogP contribution in [0.3, 0.4) is 0 Å². The number of rotatable bonds is 4. The number of carbonyl (C=O) groups excluding carboxylic acids is 1. The lowest BCUT2D eigenvalue weighted by atomic mass is 9.98. The van der Waals surface area contributed by atoms with E-state index in [4.69, 9.17) is 0 Å². The van der Waals surface area contributed by atoms with Crippen molar-refractivity contribution in [1.82, 2.24) is 0 Å². The lowest BCUT2D eigenvalue weighted by molar-refractivity contribution is -0.872. The Kier molecular flexibility index (Phi) is 3.81. The minimum Gasteiger partial charge on any atom is -0.330 e. The van der Waals surface area contributed by atoms with Gasteiger partial charge in [-0.05, 0) is 19.1 Å². The molecule has 3 heteroatoms. The molecule has 0 aromatic heterocycles. The van der Waals surface area contributed by atoms with Crippen molar-refractivity contribution in [2.24, 2.45) is 5.92 Å². The summed E-state index contributed by atoms with van der Waals surface area (Å²) in [7, 11) is 6.06. The van der Waals surface area contributed by atoms with Crippen LogP contribution in [0.4, 0.5) is 4.39 Å². The van der Waals surface area contributed by atoms with Crippen LogP contribution in [0.25, 0.3) is 0 Å². The molecule has 0 saturated carbocycles. The van der Waals surface area contributed by atoms with Gasteiger partial charge in [-0.15, -0.1) is 0 Å². The Bertz CT molecular complexity index is 382. The molecule has 1 aromatic carbocycles. The van der Waals surface area contributed by atoms with Crippen molar-refractivity contribution in [3.63, 3.8) is 0 Å². The fraction of sp³-hybridized carbons (Fsp3) is 0.462. The molecule has 16 heavy (non-hydrogen) atoms. The van der Waals surface area contributed by atoms with Crippen molar-refractivity contribution in [1.29, 1.82) is 0 Å². The Hall–Kier alpha value is -1.22. The molecule has 0 fully saturated rings. The number of benzene rings is 1. The first-order valence-electron chi connectivity index (χ1n) is 5.40. The van der Waals surface area contributed by atoms with Gasteiger partial charge >= 0.3 is 0 Å². The Balaban J connectivity index is 2.83. The van der Waals surface area contributed by atoms with E-state index in [9.17, 15) is 9.18 Å². The predicted molar refractivity (Wildman–Crippen MR) is 62.8 cm³/mol. The first-order chi connectivity index (χ1) is 7.31. The molecule has 0 aliphatic rings. The van der Waals surface area contributed by atoms with Gasteiger partial charge in [-0.1, -0.05) is 12.1 Å². The second kappa shape index (κ2) is 4.74. The van der Waals surface area contributed by atoms with Gasteiger partial charge in [0.15, 0.2) is 5.78 Å². The van der Waals surface area contributed by atoms with Gasteiger partial charge in [0.2, 0.25) is 0 Å². The van der Waals surface area contributed by atoms with Crippen LogP contribution in [-0.4, -0.2) is 38.0 Å². The molecule has 1 atom stereocenters. The Morgan fingerprint density at radius 3 is 2.38 bits per heavy atom. The zero-order chi connectivity index (χ0) is 12.3. The quantitative estimate of drug-likeness (QED) is 0.567. The van der Waals surface area contributed by atoms with E-state index in [2.05, 4.69) is 0 Å². The van der Waals surface area contributed by atoms with Crippen LogP contribution in [0.1, 0.15) is 17.3 Å². The van der Waals surface area contributed by atoms with E-state index < -0.39 is 5.82 Å². The second-order valence-corrected chi connectivity index (χ2v) is 5.22. The normalized spacial score (nSPS) is 13.6. The predicted octanol–water partition coefficient (Wildman–Crippen LogP) is 2.35. The molecule has 1 aromatic rings. The minimum absolute atomic E-state index is 0.119. The number of nitrogens with zero attached hydrogens (tertiary/aromatic N) is 1. The second-order valence-electron chi connectivity index (χ2n) is 5.22. The van der Waals surface area contributed by atoms with Gasteiger partial charge in [0.25, 0.3) is 0 Å². The Labute approximate surface area is 96.3 Å². The fourth-order valence-electron chi connectivity index (χ4n) is 1.83. The molecule has 1 unspecified atom stereocenters. The molecular formula is C13H19FNO+. The summed E-state index contributed by atoms with van der Waals surface area (Å²) < 4.78 is 14.1. The highest BCUT2D eigenvalue weighted by Gasteiger charge is 2.23. The number of hydrogen-bond acceptors (Lipinski definition) is 1. The van der Waals surface area contributed by atoms with Crippen LogP contribution >= 0.6 is 0 Å². The number of Topliss-reactive ketones (excluding diaryl/α,β-unsaturated/α-hetero) is 1. The van der Waals surface area contributed by atoms with Crippen LogP contribution in [0.15, 0.2) is 24.3 Å². The smallest absolute Gasteiger partial charge is 0.174 e. The number of halogens is 1. The molecule has 2 nitrogen and oxygen atoms in total. The number of hydrogen-bond donors (Lipinski definition) is 0. The minimum atomic E-state index is -0.430. The molecule has 0 aliphatic carbocycles. The summed E-state index contributed by atoms with van der Waals surface area (Å²) in [6, 6.07) is 6.15.